The first-order valence-corrected chi connectivity index (χ1v) is 4.08. The lowest BCUT2D eigenvalue weighted by Gasteiger charge is -2.00. The van der Waals surface area contributed by atoms with E-state index >= 15 is 0 Å². The number of carbonyl (C=O) groups is 1. The maximum absolute atomic E-state index is 12.1. The molecule has 15 heavy (non-hydrogen) atoms. The number of hydrogen-bond acceptors (Lipinski definition) is 2. The van der Waals surface area contributed by atoms with Crippen LogP contribution >= 0.6 is 0 Å². The molecule has 0 fully saturated rings. The quantitative estimate of drug-likeness (QED) is 0.682. The summed E-state index contributed by atoms with van der Waals surface area (Å²) in [6.07, 6.45) is -4.89. The van der Waals surface area contributed by atoms with Gasteiger partial charge >= 0.3 is 12.0 Å². The van der Waals surface area contributed by atoms with E-state index in [-0.39, 0.29) is 5.58 Å². The maximum atomic E-state index is 12.1. The molecule has 0 unspecified atom stereocenters. The largest absolute Gasteiger partial charge is 0.458 e. The van der Waals surface area contributed by atoms with Crippen molar-refractivity contribution in [3.8, 4) is 0 Å². The summed E-state index contributed by atoms with van der Waals surface area (Å²) in [6.45, 7) is 0. The molecule has 78 valence electrons. The topological polar surface area (TPSA) is 30.2 Å². The molecule has 0 spiro atoms. The number of Topliss-reactive ketones (excluding diaryl/α,β-unsaturated/α-hetero) is 1. The van der Waals surface area contributed by atoms with Gasteiger partial charge in [-0.2, -0.15) is 13.2 Å². The van der Waals surface area contributed by atoms with Crippen molar-refractivity contribution in [2.24, 2.45) is 0 Å². The normalized spacial score (nSPS) is 11.9. The summed E-state index contributed by atoms with van der Waals surface area (Å²) in [6, 6.07) is 7.44. The van der Waals surface area contributed by atoms with Gasteiger partial charge < -0.3 is 4.42 Å². The lowest BCUT2D eigenvalue weighted by Crippen LogP contribution is -2.21. The van der Waals surface area contributed by atoms with Gasteiger partial charge in [-0.15, -0.1) is 0 Å². The molecule has 0 N–H and O–H groups in total. The van der Waals surface area contributed by atoms with Crippen molar-refractivity contribution in [3.05, 3.63) is 36.1 Å². The Hall–Kier alpha value is -1.78. The molecule has 0 aliphatic heterocycles. The van der Waals surface area contributed by atoms with Crippen molar-refractivity contribution in [1.82, 2.24) is 0 Å². The first-order chi connectivity index (χ1) is 6.98. The molecule has 5 heteroatoms. The Balaban J connectivity index is 2.50. The van der Waals surface area contributed by atoms with Gasteiger partial charge in [0.2, 0.25) is 0 Å². The Morgan fingerprint density at radius 3 is 2.47 bits per heavy atom. The Kier molecular flexibility index (Phi) is 2.03. The molecule has 2 rings (SSSR count). The molecule has 0 aliphatic rings. The standard InChI is InChI=1S/C10H5F3O2/c11-10(12,13)9(14)8-5-6-3-1-2-4-7(6)15-8/h1-5H. The second-order valence-electron chi connectivity index (χ2n) is 2.98. The van der Waals surface area contributed by atoms with Crippen LogP contribution in [0.3, 0.4) is 0 Å². The molecule has 0 atom stereocenters. The van der Waals surface area contributed by atoms with Gasteiger partial charge in [-0.1, -0.05) is 18.2 Å². The fourth-order valence-electron chi connectivity index (χ4n) is 1.23. The number of benzene rings is 1. The van der Waals surface area contributed by atoms with Gasteiger partial charge in [0.15, 0.2) is 5.76 Å². The van der Waals surface area contributed by atoms with Crippen LogP contribution in [0.5, 0.6) is 0 Å². The molecule has 0 amide bonds. The van der Waals surface area contributed by atoms with Crippen molar-refractivity contribution in [1.29, 1.82) is 0 Å². The van der Waals surface area contributed by atoms with Gasteiger partial charge in [-0.3, -0.25) is 4.79 Å². The Morgan fingerprint density at radius 2 is 1.87 bits per heavy atom. The molecule has 0 saturated carbocycles. The van der Waals surface area contributed by atoms with Crippen LogP contribution in [-0.2, 0) is 0 Å². The van der Waals surface area contributed by atoms with Crippen LogP contribution in [0, 0.1) is 0 Å². The van der Waals surface area contributed by atoms with Crippen LogP contribution in [0.4, 0.5) is 13.2 Å². The zero-order valence-electron chi connectivity index (χ0n) is 7.34. The fourth-order valence-corrected chi connectivity index (χ4v) is 1.23. The zero-order valence-corrected chi connectivity index (χ0v) is 7.34. The number of hydrogen-bond donors (Lipinski definition) is 0. The zero-order chi connectivity index (χ0) is 11.1. The molecular weight excluding hydrogens is 209 g/mol. The lowest BCUT2D eigenvalue weighted by atomic mass is 10.2. The van der Waals surface area contributed by atoms with E-state index in [1.807, 2.05) is 0 Å². The minimum atomic E-state index is -4.89. The number of rotatable bonds is 1. The molecule has 1 aromatic heterocycles. The van der Waals surface area contributed by atoms with Crippen LogP contribution < -0.4 is 0 Å². The molecule has 0 bridgehead atoms. The summed E-state index contributed by atoms with van der Waals surface area (Å²) >= 11 is 0. The second-order valence-corrected chi connectivity index (χ2v) is 2.98. The average Bonchev–Trinajstić information content (AvgIpc) is 2.58. The molecule has 0 radical (unpaired) electrons. The van der Waals surface area contributed by atoms with Crippen LogP contribution in [0.15, 0.2) is 34.7 Å². The lowest BCUT2D eigenvalue weighted by molar-refractivity contribution is -0.0898. The molecule has 1 aromatic carbocycles. The van der Waals surface area contributed by atoms with Gasteiger partial charge in [0, 0.05) is 5.39 Å². The summed E-state index contributed by atoms with van der Waals surface area (Å²) in [4.78, 5) is 10.8. The predicted octanol–water partition coefficient (Wildman–Crippen LogP) is 3.18. The van der Waals surface area contributed by atoms with Crippen LogP contribution in [0.2, 0.25) is 0 Å². The highest BCUT2D eigenvalue weighted by molar-refractivity contribution is 6.01. The van der Waals surface area contributed by atoms with Gasteiger partial charge in [0.1, 0.15) is 5.58 Å². The third-order valence-corrected chi connectivity index (χ3v) is 1.91. The van der Waals surface area contributed by atoms with E-state index in [0.717, 1.165) is 6.07 Å². The third-order valence-electron chi connectivity index (χ3n) is 1.91. The van der Waals surface area contributed by atoms with Crippen molar-refractivity contribution < 1.29 is 22.4 Å². The van der Waals surface area contributed by atoms with Gasteiger partial charge in [0.05, 0.1) is 0 Å². The Bertz CT molecular complexity index is 478. The van der Waals surface area contributed by atoms with Gasteiger partial charge in [-0.05, 0) is 12.1 Å². The molecular formula is C10H5F3O2. The van der Waals surface area contributed by atoms with Crippen LogP contribution in [-0.4, -0.2) is 12.0 Å². The summed E-state index contributed by atoms with van der Waals surface area (Å²) in [7, 11) is 0. The monoisotopic (exact) mass is 214 g/mol. The highest BCUT2D eigenvalue weighted by Crippen LogP contribution is 2.26. The smallest absolute Gasteiger partial charge is 0.453 e. The van der Waals surface area contributed by atoms with Crippen LogP contribution in [0.25, 0.3) is 11.0 Å². The van der Waals surface area contributed by atoms with E-state index in [9.17, 15) is 18.0 Å². The predicted molar refractivity (Wildman–Crippen MR) is 46.6 cm³/mol. The van der Waals surface area contributed by atoms with E-state index in [0.29, 0.717) is 5.39 Å². The summed E-state index contributed by atoms with van der Waals surface area (Å²) in [5.74, 6) is -2.64. The van der Waals surface area contributed by atoms with E-state index < -0.39 is 17.7 Å². The Labute approximate surface area is 82.3 Å². The number of halogens is 3. The average molecular weight is 214 g/mol. The molecule has 2 nitrogen and oxygen atoms in total. The highest BCUT2D eigenvalue weighted by atomic mass is 19.4. The molecule has 1 heterocycles. The first-order valence-electron chi connectivity index (χ1n) is 4.08. The maximum Gasteiger partial charge on any atom is 0.458 e. The highest BCUT2D eigenvalue weighted by Gasteiger charge is 2.41. The number of fused-ring (bicyclic) bond motifs is 1. The summed E-state index contributed by atoms with van der Waals surface area (Å²) in [5.41, 5.74) is 0.269. The van der Waals surface area contributed by atoms with Crippen molar-refractivity contribution in [2.45, 2.75) is 6.18 Å². The van der Waals surface area contributed by atoms with E-state index in [4.69, 9.17) is 4.42 Å². The van der Waals surface area contributed by atoms with Crippen molar-refractivity contribution >= 4 is 16.8 Å². The van der Waals surface area contributed by atoms with Gasteiger partial charge in [0.25, 0.3) is 0 Å². The van der Waals surface area contributed by atoms with E-state index in [1.54, 1.807) is 18.2 Å². The van der Waals surface area contributed by atoms with Crippen LogP contribution in [0.1, 0.15) is 10.6 Å². The number of alkyl halides is 3. The summed E-state index contributed by atoms with van der Waals surface area (Å²) < 4.78 is 40.9. The number of carbonyl (C=O) groups excluding carboxylic acids is 1. The van der Waals surface area contributed by atoms with Crippen molar-refractivity contribution in [2.75, 3.05) is 0 Å². The first kappa shape index (κ1) is 9.76. The fraction of sp³-hybridized carbons (Fsp3) is 0.100. The van der Waals surface area contributed by atoms with Gasteiger partial charge in [-0.25, -0.2) is 0 Å². The number of furan rings is 1. The third kappa shape index (κ3) is 1.72. The number of ketones is 1. The molecule has 2 aromatic rings. The SMILES string of the molecule is O=C(c1cc2ccccc2o1)C(F)(F)F. The second kappa shape index (κ2) is 3.12. The van der Waals surface area contributed by atoms with Crippen molar-refractivity contribution in [3.63, 3.8) is 0 Å². The number of para-hydroxylation sites is 1. The molecule has 0 aliphatic carbocycles. The minimum Gasteiger partial charge on any atom is -0.453 e. The van der Waals surface area contributed by atoms with E-state index in [1.165, 1.54) is 6.07 Å². The minimum absolute atomic E-state index is 0.269. The van der Waals surface area contributed by atoms with E-state index in [2.05, 4.69) is 0 Å². The summed E-state index contributed by atoms with van der Waals surface area (Å²) in [5, 5.41) is 0.477. The Morgan fingerprint density at radius 1 is 1.20 bits per heavy atom. The molecule has 0 saturated heterocycles.